The molecule has 2 aromatic carbocycles. The predicted molar refractivity (Wildman–Crippen MR) is 117 cm³/mol. The highest BCUT2D eigenvalue weighted by Gasteiger charge is 2.26. The Morgan fingerprint density at radius 1 is 1.16 bits per heavy atom. The van der Waals surface area contributed by atoms with Gasteiger partial charge in [0.05, 0.1) is 18.7 Å². The number of benzene rings is 2. The maximum absolute atomic E-state index is 14.4. The summed E-state index contributed by atoms with van der Waals surface area (Å²) in [6.07, 6.45) is 3.79. The fourth-order valence-corrected chi connectivity index (χ4v) is 4.16. The number of carbonyl (C=O) groups is 1. The standard InChI is InChI=1S/C24H26F2N4O2/c1-29-15-20(23(28-29)19-10-7-17(25)13-21(19)26)24(31)27-14-22(30-11-3-4-12-30)16-5-8-18(32-2)9-6-16/h5-10,13,15,22H,3-4,11-12,14H2,1-2H3,(H,27,31). The van der Waals surface area contributed by atoms with E-state index in [4.69, 9.17) is 4.74 Å². The first kappa shape index (κ1) is 22.0. The molecule has 168 valence electrons. The van der Waals surface area contributed by atoms with E-state index in [0.29, 0.717) is 6.54 Å². The fourth-order valence-electron chi connectivity index (χ4n) is 4.16. The Morgan fingerprint density at radius 2 is 1.88 bits per heavy atom. The number of nitrogens with one attached hydrogen (secondary N) is 1. The number of hydrogen-bond acceptors (Lipinski definition) is 4. The Kier molecular flexibility index (Phi) is 6.50. The quantitative estimate of drug-likeness (QED) is 0.605. The third kappa shape index (κ3) is 4.65. The topological polar surface area (TPSA) is 59.4 Å². The Labute approximate surface area is 185 Å². The molecule has 4 rings (SSSR count). The minimum atomic E-state index is -0.758. The van der Waals surface area contributed by atoms with Crippen LogP contribution in [0.2, 0.25) is 0 Å². The number of rotatable bonds is 7. The lowest BCUT2D eigenvalue weighted by Gasteiger charge is -2.28. The molecule has 8 heteroatoms. The summed E-state index contributed by atoms with van der Waals surface area (Å²) in [5.74, 6) is -1.01. The van der Waals surface area contributed by atoms with E-state index in [9.17, 15) is 13.6 Å². The number of methoxy groups -OCH3 is 1. The molecule has 1 atom stereocenters. The summed E-state index contributed by atoms with van der Waals surface area (Å²) in [6, 6.07) is 11.1. The first-order chi connectivity index (χ1) is 15.5. The molecule has 1 aromatic heterocycles. The summed E-state index contributed by atoms with van der Waals surface area (Å²) >= 11 is 0. The molecule has 0 saturated carbocycles. The van der Waals surface area contributed by atoms with Crippen molar-refractivity contribution in [3.05, 3.63) is 71.4 Å². The monoisotopic (exact) mass is 440 g/mol. The van der Waals surface area contributed by atoms with Crippen molar-refractivity contribution in [1.29, 1.82) is 0 Å². The van der Waals surface area contributed by atoms with Crippen LogP contribution < -0.4 is 10.1 Å². The summed E-state index contributed by atoms with van der Waals surface area (Å²) in [5, 5.41) is 7.24. The minimum Gasteiger partial charge on any atom is -0.497 e. The Bertz CT molecular complexity index is 1090. The van der Waals surface area contributed by atoms with Crippen molar-refractivity contribution >= 4 is 5.91 Å². The van der Waals surface area contributed by atoms with Gasteiger partial charge < -0.3 is 10.1 Å². The van der Waals surface area contributed by atoms with Gasteiger partial charge in [-0.25, -0.2) is 8.78 Å². The van der Waals surface area contributed by atoms with Gasteiger partial charge in [-0.2, -0.15) is 5.10 Å². The zero-order valence-corrected chi connectivity index (χ0v) is 18.1. The Hall–Kier alpha value is -3.26. The second-order valence-corrected chi connectivity index (χ2v) is 7.93. The minimum absolute atomic E-state index is 0.00929. The van der Waals surface area contributed by atoms with Crippen molar-refractivity contribution in [3.63, 3.8) is 0 Å². The van der Waals surface area contributed by atoms with Gasteiger partial charge in [0.25, 0.3) is 5.91 Å². The summed E-state index contributed by atoms with van der Waals surface area (Å²) < 4.78 is 34.4. The maximum atomic E-state index is 14.4. The van der Waals surface area contributed by atoms with Crippen molar-refractivity contribution < 1.29 is 18.3 Å². The number of aromatic nitrogens is 2. The molecule has 0 radical (unpaired) electrons. The van der Waals surface area contributed by atoms with Gasteiger partial charge in [-0.05, 0) is 55.8 Å². The first-order valence-electron chi connectivity index (χ1n) is 10.6. The molecule has 1 saturated heterocycles. The smallest absolute Gasteiger partial charge is 0.255 e. The molecule has 6 nitrogen and oxygen atoms in total. The summed E-state index contributed by atoms with van der Waals surface area (Å²) in [4.78, 5) is 15.4. The lowest BCUT2D eigenvalue weighted by atomic mass is 10.0. The van der Waals surface area contributed by atoms with E-state index in [-0.39, 0.29) is 28.8 Å². The van der Waals surface area contributed by atoms with Gasteiger partial charge in [0.1, 0.15) is 23.1 Å². The van der Waals surface area contributed by atoms with Crippen LogP contribution in [0.4, 0.5) is 8.78 Å². The predicted octanol–water partition coefficient (Wildman–Crippen LogP) is 3.94. The summed E-state index contributed by atoms with van der Waals surface area (Å²) in [7, 11) is 3.29. The van der Waals surface area contributed by atoms with Crippen LogP contribution in [0.15, 0.2) is 48.7 Å². The second-order valence-electron chi connectivity index (χ2n) is 7.93. The molecule has 1 N–H and O–H groups in total. The molecule has 32 heavy (non-hydrogen) atoms. The van der Waals surface area contributed by atoms with Gasteiger partial charge in [0.2, 0.25) is 0 Å². The molecule has 1 unspecified atom stereocenters. The molecule has 0 spiro atoms. The highest BCUT2D eigenvalue weighted by atomic mass is 19.1. The lowest BCUT2D eigenvalue weighted by Crippen LogP contribution is -2.36. The van der Waals surface area contributed by atoms with E-state index >= 15 is 0 Å². The van der Waals surface area contributed by atoms with Crippen LogP contribution in [0.5, 0.6) is 5.75 Å². The van der Waals surface area contributed by atoms with E-state index in [1.165, 1.54) is 10.7 Å². The van der Waals surface area contributed by atoms with Crippen LogP contribution in [0, 0.1) is 11.6 Å². The molecule has 1 aliphatic rings. The van der Waals surface area contributed by atoms with Crippen LogP contribution in [-0.4, -0.2) is 47.3 Å². The van der Waals surface area contributed by atoms with Crippen LogP contribution in [0.1, 0.15) is 34.8 Å². The number of amides is 1. The van der Waals surface area contributed by atoms with Gasteiger partial charge in [-0.15, -0.1) is 0 Å². The third-order valence-electron chi connectivity index (χ3n) is 5.80. The molecule has 3 aromatic rings. The van der Waals surface area contributed by atoms with Gasteiger partial charge in [0.15, 0.2) is 0 Å². The van der Waals surface area contributed by atoms with Crippen molar-refractivity contribution in [2.75, 3.05) is 26.7 Å². The van der Waals surface area contributed by atoms with Crippen molar-refractivity contribution in [2.45, 2.75) is 18.9 Å². The van der Waals surface area contributed by atoms with Crippen LogP contribution in [-0.2, 0) is 7.05 Å². The Morgan fingerprint density at radius 3 is 2.53 bits per heavy atom. The molecular formula is C24H26F2N4O2. The second kappa shape index (κ2) is 9.48. The molecule has 1 fully saturated rings. The van der Waals surface area contributed by atoms with Crippen LogP contribution in [0.3, 0.4) is 0 Å². The average Bonchev–Trinajstić information content (AvgIpc) is 3.44. The van der Waals surface area contributed by atoms with Gasteiger partial charge >= 0.3 is 0 Å². The summed E-state index contributed by atoms with van der Waals surface area (Å²) in [5.41, 5.74) is 1.60. The number of ether oxygens (including phenoxy) is 1. The number of aryl methyl sites for hydroxylation is 1. The van der Waals surface area contributed by atoms with Gasteiger partial charge in [-0.3, -0.25) is 14.4 Å². The summed E-state index contributed by atoms with van der Waals surface area (Å²) in [6.45, 7) is 2.32. The van der Waals surface area contributed by atoms with E-state index in [0.717, 1.165) is 49.4 Å². The molecule has 0 bridgehead atoms. The molecule has 1 aliphatic heterocycles. The van der Waals surface area contributed by atoms with Crippen molar-refractivity contribution in [3.8, 4) is 17.0 Å². The first-order valence-corrected chi connectivity index (χ1v) is 10.6. The highest BCUT2D eigenvalue weighted by Crippen LogP contribution is 2.28. The number of hydrogen-bond donors (Lipinski definition) is 1. The van der Waals surface area contributed by atoms with Crippen molar-refractivity contribution in [1.82, 2.24) is 20.0 Å². The molecule has 1 amide bonds. The number of halogens is 2. The number of carbonyl (C=O) groups excluding carboxylic acids is 1. The van der Waals surface area contributed by atoms with Gasteiger partial charge in [0, 0.05) is 31.4 Å². The molecule has 0 aliphatic carbocycles. The SMILES string of the molecule is COc1ccc(C(CNC(=O)c2cn(C)nc2-c2ccc(F)cc2F)N2CCCC2)cc1. The van der Waals surface area contributed by atoms with Crippen LogP contribution in [0.25, 0.3) is 11.3 Å². The zero-order valence-electron chi connectivity index (χ0n) is 18.1. The van der Waals surface area contributed by atoms with Crippen molar-refractivity contribution in [2.24, 2.45) is 7.05 Å². The van der Waals surface area contributed by atoms with E-state index in [2.05, 4.69) is 15.3 Å². The Balaban J connectivity index is 1.56. The maximum Gasteiger partial charge on any atom is 0.255 e. The van der Waals surface area contributed by atoms with E-state index in [1.807, 2.05) is 24.3 Å². The van der Waals surface area contributed by atoms with E-state index in [1.54, 1.807) is 20.4 Å². The fraction of sp³-hybridized carbons (Fsp3) is 0.333. The third-order valence-corrected chi connectivity index (χ3v) is 5.80. The number of nitrogens with zero attached hydrogens (tertiary/aromatic N) is 3. The largest absolute Gasteiger partial charge is 0.497 e. The molecule has 2 heterocycles. The van der Waals surface area contributed by atoms with E-state index < -0.39 is 11.6 Å². The highest BCUT2D eigenvalue weighted by molar-refractivity contribution is 5.99. The van der Waals surface area contributed by atoms with Gasteiger partial charge in [-0.1, -0.05) is 12.1 Å². The zero-order chi connectivity index (χ0) is 22.7. The average molecular weight is 440 g/mol. The normalized spacial score (nSPS) is 15.0. The molecular weight excluding hydrogens is 414 g/mol. The number of likely N-dealkylation sites (tertiary alicyclic amines) is 1. The van der Waals surface area contributed by atoms with Crippen LogP contribution >= 0.6 is 0 Å². The lowest BCUT2D eigenvalue weighted by molar-refractivity contribution is 0.0938.